The number of hydrogen-bond donors (Lipinski definition) is 1. The molecule has 0 aliphatic carbocycles. The number of pyridine rings is 1. The highest BCUT2D eigenvalue weighted by Crippen LogP contribution is 2.29. The standard InChI is InChI=1S/C16H21N3O2/c1-4-11(2)10-12(3)18-14-8-9-17-16-13(14)6-5-7-15(16)19(20)21/h5-9,11-12H,4,10H2,1-3H3,(H,17,18). The second kappa shape index (κ2) is 6.52. The molecular weight excluding hydrogens is 266 g/mol. The maximum Gasteiger partial charge on any atom is 0.295 e. The Morgan fingerprint density at radius 3 is 2.76 bits per heavy atom. The molecule has 5 nitrogen and oxygen atoms in total. The van der Waals surface area contributed by atoms with Crippen molar-refractivity contribution >= 4 is 22.3 Å². The Bertz CT molecular complexity index is 642. The van der Waals surface area contributed by atoms with Gasteiger partial charge in [-0.1, -0.05) is 32.4 Å². The molecule has 0 saturated carbocycles. The smallest absolute Gasteiger partial charge is 0.295 e. The lowest BCUT2D eigenvalue weighted by Crippen LogP contribution is -2.18. The van der Waals surface area contributed by atoms with Gasteiger partial charge in [-0.3, -0.25) is 10.1 Å². The molecule has 21 heavy (non-hydrogen) atoms. The second-order valence-electron chi connectivity index (χ2n) is 5.58. The van der Waals surface area contributed by atoms with Gasteiger partial charge in [-0.2, -0.15) is 0 Å². The molecule has 1 aromatic carbocycles. The highest BCUT2D eigenvalue weighted by molar-refractivity contribution is 5.96. The van der Waals surface area contributed by atoms with Gasteiger partial charge < -0.3 is 5.32 Å². The van der Waals surface area contributed by atoms with Gasteiger partial charge in [0.15, 0.2) is 0 Å². The third-order valence-electron chi connectivity index (χ3n) is 3.80. The van der Waals surface area contributed by atoms with Crippen LogP contribution in [-0.4, -0.2) is 15.9 Å². The van der Waals surface area contributed by atoms with Gasteiger partial charge in [0.2, 0.25) is 0 Å². The number of anilines is 1. The fourth-order valence-corrected chi connectivity index (χ4v) is 2.53. The predicted molar refractivity (Wildman–Crippen MR) is 85.6 cm³/mol. The molecule has 0 amide bonds. The van der Waals surface area contributed by atoms with E-state index < -0.39 is 0 Å². The molecule has 1 aromatic heterocycles. The van der Waals surface area contributed by atoms with E-state index in [-0.39, 0.29) is 10.6 Å². The summed E-state index contributed by atoms with van der Waals surface area (Å²) in [5.41, 5.74) is 1.38. The molecule has 0 saturated heterocycles. The number of fused-ring (bicyclic) bond motifs is 1. The maximum absolute atomic E-state index is 11.1. The van der Waals surface area contributed by atoms with Gasteiger partial charge in [0, 0.05) is 29.4 Å². The predicted octanol–water partition coefficient (Wildman–Crippen LogP) is 4.38. The van der Waals surface area contributed by atoms with Crippen molar-refractivity contribution in [1.29, 1.82) is 0 Å². The molecular formula is C16H21N3O2. The van der Waals surface area contributed by atoms with Crippen LogP contribution in [0.25, 0.3) is 10.9 Å². The van der Waals surface area contributed by atoms with E-state index in [0.717, 1.165) is 23.9 Å². The molecule has 0 radical (unpaired) electrons. The van der Waals surface area contributed by atoms with Crippen molar-refractivity contribution in [3.63, 3.8) is 0 Å². The Kier molecular flexibility index (Phi) is 4.73. The van der Waals surface area contributed by atoms with E-state index >= 15 is 0 Å². The molecule has 0 fully saturated rings. The number of non-ortho nitro benzene ring substituents is 1. The van der Waals surface area contributed by atoms with E-state index in [9.17, 15) is 10.1 Å². The zero-order valence-electron chi connectivity index (χ0n) is 12.7. The van der Waals surface area contributed by atoms with Gasteiger partial charge in [0.25, 0.3) is 5.69 Å². The summed E-state index contributed by atoms with van der Waals surface area (Å²) in [6, 6.07) is 7.24. The first-order chi connectivity index (χ1) is 10.0. The zero-order chi connectivity index (χ0) is 15.4. The molecule has 2 atom stereocenters. The van der Waals surface area contributed by atoms with E-state index in [1.54, 1.807) is 12.3 Å². The lowest BCUT2D eigenvalue weighted by Gasteiger charge is -2.19. The quantitative estimate of drug-likeness (QED) is 0.632. The molecule has 1 heterocycles. The van der Waals surface area contributed by atoms with Gasteiger partial charge in [-0.25, -0.2) is 4.98 Å². The first-order valence-electron chi connectivity index (χ1n) is 7.31. The number of nitro benzene ring substituents is 1. The maximum atomic E-state index is 11.1. The Morgan fingerprint density at radius 2 is 2.10 bits per heavy atom. The summed E-state index contributed by atoms with van der Waals surface area (Å²) < 4.78 is 0. The average Bonchev–Trinajstić information content (AvgIpc) is 2.46. The van der Waals surface area contributed by atoms with Gasteiger partial charge in [0.05, 0.1) is 4.92 Å². The summed E-state index contributed by atoms with van der Waals surface area (Å²) in [6.07, 6.45) is 3.83. The van der Waals surface area contributed by atoms with E-state index in [4.69, 9.17) is 0 Å². The van der Waals surface area contributed by atoms with Crippen molar-refractivity contribution in [1.82, 2.24) is 4.98 Å². The van der Waals surface area contributed by atoms with Crippen LogP contribution in [0.5, 0.6) is 0 Å². The summed E-state index contributed by atoms with van der Waals surface area (Å²) in [5, 5.41) is 15.3. The van der Waals surface area contributed by atoms with Crippen LogP contribution in [0, 0.1) is 16.0 Å². The van der Waals surface area contributed by atoms with Crippen molar-refractivity contribution in [2.75, 3.05) is 5.32 Å². The molecule has 1 N–H and O–H groups in total. The highest BCUT2D eigenvalue weighted by atomic mass is 16.6. The molecule has 2 aromatic rings. The number of nitrogens with one attached hydrogen (secondary N) is 1. The van der Waals surface area contributed by atoms with E-state index in [0.29, 0.717) is 17.5 Å². The van der Waals surface area contributed by atoms with Crippen LogP contribution in [0.15, 0.2) is 30.5 Å². The number of nitrogens with zero attached hydrogens (tertiary/aromatic N) is 2. The number of aromatic nitrogens is 1. The summed E-state index contributed by atoms with van der Waals surface area (Å²) >= 11 is 0. The molecule has 2 rings (SSSR count). The Hall–Kier alpha value is -2.17. The van der Waals surface area contributed by atoms with Gasteiger partial charge >= 0.3 is 0 Å². The topological polar surface area (TPSA) is 68.1 Å². The Balaban J connectivity index is 2.33. The number of para-hydroxylation sites is 1. The number of nitro groups is 1. The summed E-state index contributed by atoms with van der Waals surface area (Å²) in [7, 11) is 0. The first-order valence-corrected chi connectivity index (χ1v) is 7.31. The minimum absolute atomic E-state index is 0.0470. The number of benzene rings is 1. The van der Waals surface area contributed by atoms with Crippen LogP contribution in [0.1, 0.15) is 33.6 Å². The molecule has 2 unspecified atom stereocenters. The zero-order valence-corrected chi connectivity index (χ0v) is 12.7. The van der Waals surface area contributed by atoms with Crippen molar-refractivity contribution in [2.45, 2.75) is 39.7 Å². The van der Waals surface area contributed by atoms with E-state index in [2.05, 4.69) is 31.1 Å². The molecule has 0 spiro atoms. The lowest BCUT2D eigenvalue weighted by atomic mass is 10.00. The molecule has 0 aliphatic heterocycles. The van der Waals surface area contributed by atoms with Crippen LogP contribution in [0.4, 0.5) is 11.4 Å². The highest BCUT2D eigenvalue weighted by Gasteiger charge is 2.15. The fourth-order valence-electron chi connectivity index (χ4n) is 2.53. The van der Waals surface area contributed by atoms with Crippen LogP contribution in [-0.2, 0) is 0 Å². The molecule has 0 bridgehead atoms. The summed E-state index contributed by atoms with van der Waals surface area (Å²) in [4.78, 5) is 14.9. The Morgan fingerprint density at radius 1 is 1.33 bits per heavy atom. The van der Waals surface area contributed by atoms with Crippen molar-refractivity contribution in [3.8, 4) is 0 Å². The van der Waals surface area contributed by atoms with Crippen LogP contribution in [0.3, 0.4) is 0 Å². The van der Waals surface area contributed by atoms with Gasteiger partial charge in [-0.05, 0) is 25.3 Å². The average molecular weight is 287 g/mol. The second-order valence-corrected chi connectivity index (χ2v) is 5.58. The van der Waals surface area contributed by atoms with E-state index in [1.807, 2.05) is 12.1 Å². The van der Waals surface area contributed by atoms with Gasteiger partial charge in [-0.15, -0.1) is 0 Å². The van der Waals surface area contributed by atoms with Gasteiger partial charge in [0.1, 0.15) is 5.52 Å². The lowest BCUT2D eigenvalue weighted by molar-refractivity contribution is -0.383. The van der Waals surface area contributed by atoms with Crippen molar-refractivity contribution < 1.29 is 4.92 Å². The fraction of sp³-hybridized carbons (Fsp3) is 0.438. The molecule has 112 valence electrons. The van der Waals surface area contributed by atoms with Crippen molar-refractivity contribution in [2.24, 2.45) is 5.92 Å². The normalized spacial score (nSPS) is 13.9. The molecule has 5 heteroatoms. The SMILES string of the molecule is CCC(C)CC(C)Nc1ccnc2c([N+](=O)[O-])cccc12. The Labute approximate surface area is 124 Å². The summed E-state index contributed by atoms with van der Waals surface area (Å²) in [6.45, 7) is 6.55. The third-order valence-corrected chi connectivity index (χ3v) is 3.80. The minimum Gasteiger partial charge on any atom is -0.382 e. The summed E-state index contributed by atoms with van der Waals surface area (Å²) in [5.74, 6) is 0.648. The van der Waals surface area contributed by atoms with Crippen LogP contribution in [0.2, 0.25) is 0 Å². The van der Waals surface area contributed by atoms with Crippen molar-refractivity contribution in [3.05, 3.63) is 40.6 Å². The third kappa shape index (κ3) is 3.48. The monoisotopic (exact) mass is 287 g/mol. The van der Waals surface area contributed by atoms with Crippen LogP contribution < -0.4 is 5.32 Å². The minimum atomic E-state index is -0.387. The number of hydrogen-bond acceptors (Lipinski definition) is 4. The van der Waals surface area contributed by atoms with E-state index in [1.165, 1.54) is 6.07 Å². The largest absolute Gasteiger partial charge is 0.382 e. The van der Waals surface area contributed by atoms with Crippen LogP contribution >= 0.6 is 0 Å². The molecule has 0 aliphatic rings. The number of rotatable bonds is 6. The first kappa shape index (κ1) is 15.2.